The van der Waals surface area contributed by atoms with Gasteiger partial charge in [-0.25, -0.2) is 0 Å². The van der Waals surface area contributed by atoms with Gasteiger partial charge in [-0.2, -0.15) is 0 Å². The zero-order chi connectivity index (χ0) is 19.1. The van der Waals surface area contributed by atoms with Crippen molar-refractivity contribution in [2.45, 2.75) is 85.0 Å². The summed E-state index contributed by atoms with van der Waals surface area (Å²) >= 11 is 0. The van der Waals surface area contributed by atoms with Gasteiger partial charge in [0.05, 0.1) is 18.1 Å². The molecule has 0 aromatic carbocycles. The summed E-state index contributed by atoms with van der Waals surface area (Å²) in [6.07, 6.45) is 5.77. The van der Waals surface area contributed by atoms with Gasteiger partial charge in [0.1, 0.15) is 5.60 Å². The van der Waals surface area contributed by atoms with Crippen LogP contribution in [0.15, 0.2) is 16.9 Å². The minimum absolute atomic E-state index is 0.236. The summed E-state index contributed by atoms with van der Waals surface area (Å²) in [4.78, 5) is 12.2. The highest BCUT2D eigenvalue weighted by Gasteiger charge is 2.26. The Balaban J connectivity index is 3.18. The van der Waals surface area contributed by atoms with Crippen LogP contribution in [0.25, 0.3) is 0 Å². The van der Waals surface area contributed by atoms with Crippen LogP contribution in [0.1, 0.15) is 59.8 Å². The van der Waals surface area contributed by atoms with E-state index < -0.39 is 19.8 Å². The molecule has 0 bridgehead atoms. The Morgan fingerprint density at radius 1 is 1.20 bits per heavy atom. The van der Waals surface area contributed by atoms with Gasteiger partial charge in [0.2, 0.25) is 0 Å². The van der Waals surface area contributed by atoms with Gasteiger partial charge >= 0.3 is 5.97 Å². The molecule has 0 saturated heterocycles. The molecule has 0 amide bonds. The molecule has 0 radical (unpaired) electrons. The highest BCUT2D eigenvalue weighted by molar-refractivity contribution is 6.69. The van der Waals surface area contributed by atoms with Crippen molar-refractivity contribution in [1.29, 1.82) is 0 Å². The summed E-state index contributed by atoms with van der Waals surface area (Å²) < 4.78 is 11.3. The molecule has 0 heterocycles. The lowest BCUT2D eigenvalue weighted by atomic mass is 9.93. The third-order valence-electron chi connectivity index (χ3n) is 3.90. The lowest BCUT2D eigenvalue weighted by molar-refractivity contribution is -0.145. The quantitative estimate of drug-likeness (QED) is 0.290. The Labute approximate surface area is 155 Å². The topological polar surface area (TPSA) is 35.5 Å². The number of carbonyl (C=O) groups is 1. The average Bonchev–Trinajstić information content (AvgIpc) is 2.49. The van der Waals surface area contributed by atoms with Gasteiger partial charge in [0.25, 0.3) is 0 Å². The molecule has 0 N–H and O–H groups in total. The average molecular weight is 363 g/mol. The number of carbonyl (C=O) groups excluding carboxylic acids is 1. The van der Waals surface area contributed by atoms with Crippen LogP contribution < -0.4 is 0 Å². The third kappa shape index (κ3) is 8.58. The lowest BCUT2D eigenvalue weighted by Crippen LogP contribution is -2.37. The minimum Gasteiger partial charge on any atom is -0.465 e. The van der Waals surface area contributed by atoms with Crippen LogP contribution in [0, 0.1) is 17.8 Å². The molecule has 0 aromatic rings. The highest BCUT2D eigenvalue weighted by Crippen LogP contribution is 2.24. The van der Waals surface area contributed by atoms with Crippen molar-refractivity contribution in [3.05, 3.63) is 16.9 Å². The Morgan fingerprint density at radius 2 is 1.80 bits per heavy atom. The number of hydrogen-bond acceptors (Lipinski definition) is 3. The number of esters is 1. The second-order valence-corrected chi connectivity index (χ2v) is 12.6. The van der Waals surface area contributed by atoms with Crippen molar-refractivity contribution in [3.8, 4) is 11.8 Å². The smallest absolute Gasteiger partial charge is 0.314 e. The van der Waals surface area contributed by atoms with E-state index in [9.17, 15) is 4.79 Å². The minimum atomic E-state index is -1.70. The van der Waals surface area contributed by atoms with Crippen molar-refractivity contribution in [3.63, 3.8) is 0 Å². The van der Waals surface area contributed by atoms with Crippen LogP contribution in [0.3, 0.4) is 0 Å². The fourth-order valence-electron chi connectivity index (χ4n) is 2.94. The predicted octanol–water partition coefficient (Wildman–Crippen LogP) is 5.23. The first-order valence-electron chi connectivity index (χ1n) is 9.42. The maximum absolute atomic E-state index is 12.2. The molecular weight excluding hydrogens is 328 g/mol. The van der Waals surface area contributed by atoms with E-state index >= 15 is 0 Å². The van der Waals surface area contributed by atoms with Gasteiger partial charge in [0, 0.05) is 0 Å². The first-order valence-corrected chi connectivity index (χ1v) is 12.8. The van der Waals surface area contributed by atoms with E-state index in [1.807, 2.05) is 27.7 Å². The zero-order valence-electron chi connectivity index (χ0n) is 17.0. The standard InChI is InChI=1S/C21H34O3Si/c1-8-23-20(22)17(2)19(16-18-12-10-9-11-13-18)14-15-21(3,4)24-25(5,6)7/h17H,8-13H2,1-7H3. The zero-order valence-corrected chi connectivity index (χ0v) is 18.0. The van der Waals surface area contributed by atoms with Gasteiger partial charge in [-0.15, -0.1) is 5.73 Å². The summed E-state index contributed by atoms with van der Waals surface area (Å²) in [5, 5.41) is 0. The molecule has 3 nitrogen and oxygen atoms in total. The summed E-state index contributed by atoms with van der Waals surface area (Å²) in [6, 6.07) is 0. The second-order valence-electron chi connectivity index (χ2n) is 8.15. The van der Waals surface area contributed by atoms with Crippen LogP contribution >= 0.6 is 0 Å². The first-order chi connectivity index (χ1) is 11.5. The Morgan fingerprint density at radius 3 is 2.32 bits per heavy atom. The Hall–Kier alpha value is -1.27. The molecule has 1 fully saturated rings. The highest BCUT2D eigenvalue weighted by atomic mass is 28.4. The molecule has 4 heteroatoms. The molecule has 1 unspecified atom stereocenters. The maximum Gasteiger partial charge on any atom is 0.314 e. The largest absolute Gasteiger partial charge is 0.465 e. The summed E-state index contributed by atoms with van der Waals surface area (Å²) in [5.41, 5.74) is 4.90. The van der Waals surface area contributed by atoms with Gasteiger partial charge in [-0.3, -0.25) is 4.79 Å². The van der Waals surface area contributed by atoms with E-state index in [4.69, 9.17) is 9.16 Å². The lowest BCUT2D eigenvalue weighted by Gasteiger charge is -2.28. The van der Waals surface area contributed by atoms with Crippen molar-refractivity contribution in [2.24, 2.45) is 5.92 Å². The fourth-order valence-corrected chi connectivity index (χ4v) is 4.52. The van der Waals surface area contributed by atoms with Crippen molar-refractivity contribution >= 4 is 14.3 Å². The number of ether oxygens (including phenoxy) is 1. The van der Waals surface area contributed by atoms with Crippen LogP contribution in [0.5, 0.6) is 0 Å². The van der Waals surface area contributed by atoms with Crippen LogP contribution in [0.2, 0.25) is 19.6 Å². The van der Waals surface area contributed by atoms with E-state index in [-0.39, 0.29) is 5.97 Å². The second kappa shape index (κ2) is 9.43. The van der Waals surface area contributed by atoms with E-state index in [1.54, 1.807) is 0 Å². The molecule has 0 spiro atoms. The Kier molecular flexibility index (Phi) is 8.21. The number of hydrogen-bond donors (Lipinski definition) is 0. The van der Waals surface area contributed by atoms with Crippen LogP contribution in [0.4, 0.5) is 0 Å². The normalized spacial score (nSPS) is 16.4. The van der Waals surface area contributed by atoms with E-state index in [0.717, 1.165) is 18.4 Å². The molecule has 1 atom stereocenters. The van der Waals surface area contributed by atoms with E-state index in [0.29, 0.717) is 6.61 Å². The van der Waals surface area contributed by atoms with Gasteiger partial charge in [-0.05, 0) is 78.6 Å². The maximum atomic E-state index is 12.2. The van der Waals surface area contributed by atoms with E-state index in [2.05, 4.69) is 37.2 Å². The van der Waals surface area contributed by atoms with Crippen LogP contribution in [-0.2, 0) is 14.0 Å². The van der Waals surface area contributed by atoms with E-state index in [1.165, 1.54) is 24.8 Å². The molecule has 25 heavy (non-hydrogen) atoms. The summed E-state index contributed by atoms with van der Waals surface area (Å²) in [5.74, 6) is 5.79. The van der Waals surface area contributed by atoms with Gasteiger partial charge in [0.15, 0.2) is 8.32 Å². The van der Waals surface area contributed by atoms with Crippen LogP contribution in [-0.4, -0.2) is 26.5 Å². The molecule has 140 valence electrons. The molecule has 1 aliphatic carbocycles. The predicted molar refractivity (Wildman–Crippen MR) is 106 cm³/mol. The molecule has 0 aromatic heterocycles. The SMILES string of the molecule is CCOC(=O)C(C)C(=C=C1CCCCC1)C#CC(C)(C)O[Si](C)(C)C. The third-order valence-corrected chi connectivity index (χ3v) is 5.02. The van der Waals surface area contributed by atoms with Gasteiger partial charge in [-0.1, -0.05) is 18.3 Å². The number of rotatable bonds is 5. The summed E-state index contributed by atoms with van der Waals surface area (Å²) in [6.45, 7) is 14.5. The molecule has 0 aliphatic heterocycles. The first kappa shape index (κ1) is 21.8. The van der Waals surface area contributed by atoms with Crippen molar-refractivity contribution in [2.75, 3.05) is 6.61 Å². The van der Waals surface area contributed by atoms with Crippen molar-refractivity contribution < 1.29 is 14.0 Å². The monoisotopic (exact) mass is 362 g/mol. The summed E-state index contributed by atoms with van der Waals surface area (Å²) in [7, 11) is -1.70. The fraction of sp³-hybridized carbons (Fsp3) is 0.714. The molecule has 1 rings (SSSR count). The Bertz CT molecular complexity index is 585. The molecular formula is C21H34O3Si. The van der Waals surface area contributed by atoms with Crippen molar-refractivity contribution in [1.82, 2.24) is 0 Å². The molecule has 1 saturated carbocycles. The van der Waals surface area contributed by atoms with Gasteiger partial charge < -0.3 is 9.16 Å². The molecule has 1 aliphatic rings.